The lowest BCUT2D eigenvalue weighted by molar-refractivity contribution is 0.249. The summed E-state index contributed by atoms with van der Waals surface area (Å²) in [5.41, 5.74) is 0.778. The monoisotopic (exact) mass is 466 g/mol. The van der Waals surface area contributed by atoms with E-state index >= 15 is 0 Å². The van der Waals surface area contributed by atoms with Crippen molar-refractivity contribution in [3.63, 3.8) is 0 Å². The molecule has 4 nitrogen and oxygen atoms in total. The highest BCUT2D eigenvalue weighted by Gasteiger charge is 2.52. The smallest absolute Gasteiger partial charge is 0.297 e. The molecule has 0 aliphatic carbocycles. The molecular weight excluding hydrogens is 420 g/mol. The van der Waals surface area contributed by atoms with E-state index in [-0.39, 0.29) is 23.2 Å². The summed E-state index contributed by atoms with van der Waals surface area (Å²) in [5, 5.41) is 0. The average Bonchev–Trinajstić information content (AvgIpc) is 3.36. The molecule has 0 amide bonds. The zero-order chi connectivity index (χ0) is 23.8. The van der Waals surface area contributed by atoms with Gasteiger partial charge in [0, 0.05) is 0 Å². The number of ether oxygens (including phenoxy) is 1. The van der Waals surface area contributed by atoms with E-state index in [4.69, 9.17) is 8.92 Å². The number of hydrogen-bond donors (Lipinski definition) is 0. The lowest BCUT2D eigenvalue weighted by Crippen LogP contribution is -2.17. The van der Waals surface area contributed by atoms with Crippen LogP contribution in [-0.4, -0.2) is 26.7 Å². The molecule has 5 heteroatoms. The van der Waals surface area contributed by atoms with E-state index in [0.29, 0.717) is 0 Å². The summed E-state index contributed by atoms with van der Waals surface area (Å²) in [6.45, 7) is 13.5. The van der Waals surface area contributed by atoms with Crippen LogP contribution in [0.15, 0.2) is 29.2 Å². The van der Waals surface area contributed by atoms with E-state index in [2.05, 4.69) is 34.6 Å². The third-order valence-electron chi connectivity index (χ3n) is 6.96. The molecule has 0 aromatic heterocycles. The van der Waals surface area contributed by atoms with E-state index in [0.717, 1.165) is 36.2 Å². The van der Waals surface area contributed by atoms with Gasteiger partial charge in [-0.25, -0.2) is 0 Å². The van der Waals surface area contributed by atoms with E-state index in [9.17, 15) is 8.42 Å². The Hall–Kier alpha value is -0.910. The van der Waals surface area contributed by atoms with Crippen molar-refractivity contribution in [2.24, 2.45) is 17.8 Å². The molecule has 184 valence electrons. The van der Waals surface area contributed by atoms with Gasteiger partial charge in [0.25, 0.3) is 10.1 Å². The van der Waals surface area contributed by atoms with Gasteiger partial charge in [-0.15, -0.1) is 0 Å². The summed E-state index contributed by atoms with van der Waals surface area (Å²) in [6.07, 6.45) is 11.2. The molecule has 0 N–H and O–H groups in total. The van der Waals surface area contributed by atoms with Gasteiger partial charge in [0.1, 0.15) is 6.10 Å². The van der Waals surface area contributed by atoms with Crippen LogP contribution < -0.4 is 0 Å². The molecule has 4 atom stereocenters. The van der Waals surface area contributed by atoms with Crippen LogP contribution >= 0.6 is 0 Å². The fourth-order valence-corrected chi connectivity index (χ4v) is 5.33. The summed E-state index contributed by atoms with van der Waals surface area (Å²) < 4.78 is 35.8. The third-order valence-corrected chi connectivity index (χ3v) is 8.26. The Morgan fingerprint density at radius 2 is 1.44 bits per heavy atom. The normalized spacial score (nSPS) is 22.8. The van der Waals surface area contributed by atoms with Crippen LogP contribution in [0.1, 0.15) is 98.0 Å². The van der Waals surface area contributed by atoms with Crippen molar-refractivity contribution in [2.75, 3.05) is 6.61 Å². The Labute approximate surface area is 197 Å². The van der Waals surface area contributed by atoms with Gasteiger partial charge in [-0.05, 0) is 50.2 Å². The molecule has 4 unspecified atom stereocenters. The third kappa shape index (κ3) is 9.52. The highest BCUT2D eigenvalue weighted by Crippen LogP contribution is 2.41. The van der Waals surface area contributed by atoms with Crippen molar-refractivity contribution in [1.29, 1.82) is 0 Å². The van der Waals surface area contributed by atoms with Gasteiger partial charge in [-0.3, -0.25) is 4.18 Å². The Kier molecular flexibility index (Phi) is 10.7. The molecule has 0 saturated carbocycles. The molecule has 1 saturated heterocycles. The van der Waals surface area contributed by atoms with Gasteiger partial charge >= 0.3 is 0 Å². The zero-order valence-corrected chi connectivity index (χ0v) is 22.0. The van der Waals surface area contributed by atoms with Gasteiger partial charge in [0.2, 0.25) is 0 Å². The fraction of sp³-hybridized carbons (Fsp3) is 0.778. The van der Waals surface area contributed by atoms with Crippen molar-refractivity contribution in [3.8, 4) is 0 Å². The second kappa shape index (κ2) is 12.5. The molecule has 1 heterocycles. The first-order chi connectivity index (χ1) is 15.0. The van der Waals surface area contributed by atoms with Crippen LogP contribution in [0.2, 0.25) is 0 Å². The summed E-state index contributed by atoms with van der Waals surface area (Å²) in [6, 6.07) is 6.74. The minimum atomic E-state index is -3.72. The van der Waals surface area contributed by atoms with Crippen molar-refractivity contribution in [1.82, 2.24) is 0 Å². The van der Waals surface area contributed by atoms with Gasteiger partial charge in [0.05, 0.1) is 17.1 Å². The Morgan fingerprint density at radius 3 is 2.00 bits per heavy atom. The van der Waals surface area contributed by atoms with E-state index in [1.807, 2.05) is 6.92 Å². The summed E-state index contributed by atoms with van der Waals surface area (Å²) in [4.78, 5) is 0.202. The van der Waals surface area contributed by atoms with Gasteiger partial charge in [0.15, 0.2) is 0 Å². The molecule has 2 rings (SSSR count). The molecule has 32 heavy (non-hydrogen) atoms. The summed E-state index contributed by atoms with van der Waals surface area (Å²) >= 11 is 0. The fourth-order valence-electron chi connectivity index (χ4n) is 4.43. The maximum absolute atomic E-state index is 12.3. The number of aryl methyl sites for hydroxylation is 1. The van der Waals surface area contributed by atoms with Gasteiger partial charge in [-0.2, -0.15) is 8.42 Å². The van der Waals surface area contributed by atoms with Crippen molar-refractivity contribution >= 4 is 10.1 Å². The number of rotatable bonds is 16. The van der Waals surface area contributed by atoms with Crippen LogP contribution in [0.4, 0.5) is 0 Å². The van der Waals surface area contributed by atoms with Crippen molar-refractivity contribution < 1.29 is 17.3 Å². The molecule has 1 aromatic carbocycles. The van der Waals surface area contributed by atoms with Crippen molar-refractivity contribution in [2.45, 2.75) is 116 Å². The van der Waals surface area contributed by atoms with E-state index < -0.39 is 10.1 Å². The molecule has 0 radical (unpaired) electrons. The first kappa shape index (κ1) is 27.3. The van der Waals surface area contributed by atoms with Crippen LogP contribution in [-0.2, 0) is 19.0 Å². The quantitative estimate of drug-likeness (QED) is 0.189. The minimum Gasteiger partial charge on any atom is -0.364 e. The maximum Gasteiger partial charge on any atom is 0.297 e. The van der Waals surface area contributed by atoms with Crippen molar-refractivity contribution in [3.05, 3.63) is 29.8 Å². The standard InChI is InChI=1S/C27H46O4S/c1-21(2)10-7-11-22(3)12-8-13-23(4)14-9-19-27(6)26(31-27)20-30-32(28,29)25-17-15-24(5)16-18-25/h15-18,21-23,26H,7-14,19-20H2,1-6H3. The lowest BCUT2D eigenvalue weighted by atomic mass is 9.90. The minimum absolute atomic E-state index is 0.0942. The topological polar surface area (TPSA) is 55.9 Å². The first-order valence-corrected chi connectivity index (χ1v) is 14.1. The predicted octanol–water partition coefficient (Wildman–Crippen LogP) is 7.30. The molecule has 0 spiro atoms. The summed E-state index contributed by atoms with van der Waals surface area (Å²) in [5.74, 6) is 2.40. The lowest BCUT2D eigenvalue weighted by Gasteiger charge is -2.15. The largest absolute Gasteiger partial charge is 0.364 e. The van der Waals surface area contributed by atoms with Gasteiger partial charge < -0.3 is 4.74 Å². The highest BCUT2D eigenvalue weighted by molar-refractivity contribution is 7.86. The molecule has 1 aliphatic rings. The molecule has 1 aromatic rings. The van der Waals surface area contributed by atoms with Crippen LogP contribution in [0.5, 0.6) is 0 Å². The Morgan fingerprint density at radius 1 is 0.906 bits per heavy atom. The molecular formula is C27H46O4S. The zero-order valence-electron chi connectivity index (χ0n) is 21.2. The molecule has 1 fully saturated rings. The number of epoxide rings is 1. The number of benzene rings is 1. The highest BCUT2D eigenvalue weighted by atomic mass is 32.2. The second-order valence-electron chi connectivity index (χ2n) is 10.8. The summed E-state index contributed by atoms with van der Waals surface area (Å²) in [7, 11) is -3.72. The average molecular weight is 467 g/mol. The SMILES string of the molecule is Cc1ccc(S(=O)(=O)OCC2OC2(C)CCCC(C)CCCC(C)CCCC(C)C)cc1. The van der Waals surface area contributed by atoms with Gasteiger partial charge in [-0.1, -0.05) is 96.8 Å². The first-order valence-electron chi connectivity index (χ1n) is 12.7. The predicted molar refractivity (Wildman–Crippen MR) is 132 cm³/mol. The second-order valence-corrected chi connectivity index (χ2v) is 12.4. The van der Waals surface area contributed by atoms with Crippen LogP contribution in [0, 0.1) is 24.7 Å². The number of hydrogen-bond acceptors (Lipinski definition) is 4. The Bertz CT molecular complexity index is 771. The van der Waals surface area contributed by atoms with Crippen LogP contribution in [0.25, 0.3) is 0 Å². The molecule has 1 aliphatic heterocycles. The van der Waals surface area contributed by atoms with E-state index in [1.54, 1.807) is 24.3 Å². The molecule has 0 bridgehead atoms. The maximum atomic E-state index is 12.3. The Balaban J connectivity index is 1.58. The van der Waals surface area contributed by atoms with E-state index in [1.165, 1.54) is 44.9 Å². The van der Waals surface area contributed by atoms with Crippen LogP contribution in [0.3, 0.4) is 0 Å².